The molecule has 1 rings (SSSR count). The Morgan fingerprint density at radius 3 is 2.37 bits per heavy atom. The lowest BCUT2D eigenvalue weighted by molar-refractivity contribution is -0.137. The van der Waals surface area contributed by atoms with Crippen molar-refractivity contribution in [1.82, 2.24) is 0 Å². The number of rotatable bonds is 4. The molecule has 0 aliphatic heterocycles. The Morgan fingerprint density at radius 2 is 1.95 bits per heavy atom. The van der Waals surface area contributed by atoms with E-state index in [1.165, 1.54) is 13.0 Å². The van der Waals surface area contributed by atoms with Gasteiger partial charge in [0.2, 0.25) is 5.91 Å². The molecule has 0 radical (unpaired) electrons. The molecule has 8 heteroatoms. The zero-order chi connectivity index (χ0) is 14.8. The summed E-state index contributed by atoms with van der Waals surface area (Å²) >= 11 is 4.60. The van der Waals surface area contributed by atoms with E-state index >= 15 is 0 Å². The Bertz CT molecular complexity index is 516. The summed E-state index contributed by atoms with van der Waals surface area (Å²) in [5, 5.41) is 2.66. The molecule has 0 aromatic heterocycles. The Morgan fingerprint density at radius 1 is 1.37 bits per heavy atom. The van der Waals surface area contributed by atoms with Gasteiger partial charge in [0.15, 0.2) is 0 Å². The van der Waals surface area contributed by atoms with Crippen molar-refractivity contribution in [2.24, 2.45) is 11.5 Å². The fourth-order valence-corrected chi connectivity index (χ4v) is 1.58. The second kappa shape index (κ2) is 5.43. The van der Waals surface area contributed by atoms with Crippen molar-refractivity contribution in [3.63, 3.8) is 0 Å². The molecule has 0 aliphatic carbocycles. The molecule has 0 bridgehead atoms. The van der Waals surface area contributed by atoms with Gasteiger partial charge in [-0.05, 0) is 25.1 Å². The molecule has 1 aromatic carbocycles. The Balaban J connectivity index is 3.17. The molecule has 0 aliphatic rings. The maximum Gasteiger partial charge on any atom is 0.417 e. The quantitative estimate of drug-likeness (QED) is 0.736. The minimum atomic E-state index is -4.55. The highest BCUT2D eigenvalue weighted by atomic mass is 32.1. The number of nitrogens with one attached hydrogen (secondary N) is 1. The molecule has 4 nitrogen and oxygen atoms in total. The van der Waals surface area contributed by atoms with E-state index in [-0.39, 0.29) is 16.2 Å². The lowest BCUT2D eigenvalue weighted by Crippen LogP contribution is -2.32. The van der Waals surface area contributed by atoms with E-state index in [9.17, 15) is 18.0 Å². The number of primary amides is 1. The van der Waals surface area contributed by atoms with Crippen molar-refractivity contribution in [2.75, 3.05) is 5.32 Å². The van der Waals surface area contributed by atoms with Crippen molar-refractivity contribution >= 4 is 28.8 Å². The van der Waals surface area contributed by atoms with Crippen LogP contribution in [0.3, 0.4) is 0 Å². The number of hydrogen-bond acceptors (Lipinski definition) is 3. The third-order valence-corrected chi connectivity index (χ3v) is 2.62. The summed E-state index contributed by atoms with van der Waals surface area (Å²) in [6.07, 6.45) is -4.55. The van der Waals surface area contributed by atoms with E-state index in [0.717, 1.165) is 12.1 Å². The van der Waals surface area contributed by atoms with Crippen LogP contribution in [-0.2, 0) is 11.0 Å². The number of nitrogens with two attached hydrogens (primary N) is 2. The summed E-state index contributed by atoms with van der Waals surface area (Å²) < 4.78 is 38.2. The molecule has 0 saturated heterocycles. The average Bonchev–Trinajstić information content (AvgIpc) is 2.27. The largest absolute Gasteiger partial charge is 0.417 e. The van der Waals surface area contributed by atoms with Gasteiger partial charge in [-0.2, -0.15) is 13.2 Å². The third kappa shape index (κ3) is 3.82. The minimum Gasteiger partial charge on any atom is -0.389 e. The molecule has 5 N–H and O–H groups in total. The van der Waals surface area contributed by atoms with Crippen LogP contribution in [0.5, 0.6) is 0 Å². The number of halogens is 3. The molecule has 0 heterocycles. The molecule has 1 unspecified atom stereocenters. The Hall–Kier alpha value is -1.83. The number of carbonyl (C=O) groups is 1. The van der Waals surface area contributed by atoms with Crippen molar-refractivity contribution in [2.45, 2.75) is 19.1 Å². The summed E-state index contributed by atoms with van der Waals surface area (Å²) in [6, 6.07) is 2.45. The fourth-order valence-electron chi connectivity index (χ4n) is 1.41. The van der Waals surface area contributed by atoms with Gasteiger partial charge in [-0.15, -0.1) is 0 Å². The molecule has 0 spiro atoms. The van der Waals surface area contributed by atoms with Gasteiger partial charge >= 0.3 is 6.18 Å². The van der Waals surface area contributed by atoms with Gasteiger partial charge in [-0.25, -0.2) is 0 Å². The van der Waals surface area contributed by atoms with Crippen LogP contribution in [0.25, 0.3) is 0 Å². The summed E-state index contributed by atoms with van der Waals surface area (Å²) in [7, 11) is 0. The van der Waals surface area contributed by atoms with Crippen LogP contribution in [0, 0.1) is 0 Å². The second-order valence-corrected chi connectivity index (χ2v) is 4.33. The monoisotopic (exact) mass is 291 g/mol. The second-order valence-electron chi connectivity index (χ2n) is 3.89. The maximum absolute atomic E-state index is 12.7. The molecule has 0 fully saturated rings. The molecule has 1 atom stereocenters. The first kappa shape index (κ1) is 15.2. The van der Waals surface area contributed by atoms with Crippen LogP contribution in [0.4, 0.5) is 18.9 Å². The normalized spacial score (nSPS) is 12.8. The van der Waals surface area contributed by atoms with Gasteiger partial charge in [0, 0.05) is 11.3 Å². The predicted octanol–water partition coefficient (Wildman–Crippen LogP) is 1.63. The molecular formula is C11H12F3N3OS. The van der Waals surface area contributed by atoms with Gasteiger partial charge in [0.25, 0.3) is 0 Å². The number of hydrogen-bond donors (Lipinski definition) is 3. The lowest BCUT2D eigenvalue weighted by Gasteiger charge is -2.16. The van der Waals surface area contributed by atoms with E-state index in [1.807, 2.05) is 0 Å². The van der Waals surface area contributed by atoms with Crippen LogP contribution in [0.1, 0.15) is 18.1 Å². The molecule has 104 valence electrons. The van der Waals surface area contributed by atoms with Crippen LogP contribution in [0.2, 0.25) is 0 Å². The zero-order valence-electron chi connectivity index (χ0n) is 9.91. The highest BCUT2D eigenvalue weighted by Crippen LogP contribution is 2.33. The minimum absolute atomic E-state index is 0.280. The fraction of sp³-hybridized carbons (Fsp3) is 0.273. The van der Waals surface area contributed by atoms with Gasteiger partial charge in [-0.3, -0.25) is 4.79 Å². The van der Waals surface area contributed by atoms with Crippen LogP contribution >= 0.6 is 12.2 Å². The first-order chi connectivity index (χ1) is 8.62. The van der Waals surface area contributed by atoms with Crippen molar-refractivity contribution in [3.05, 3.63) is 29.3 Å². The van der Waals surface area contributed by atoms with Gasteiger partial charge in [0.1, 0.15) is 11.0 Å². The van der Waals surface area contributed by atoms with Crippen molar-refractivity contribution in [1.29, 1.82) is 0 Å². The summed E-state index contributed by atoms with van der Waals surface area (Å²) in [5.74, 6) is -0.628. The highest BCUT2D eigenvalue weighted by Gasteiger charge is 2.34. The van der Waals surface area contributed by atoms with Crippen LogP contribution < -0.4 is 16.8 Å². The number of alkyl halides is 3. The SMILES string of the molecule is CC(Nc1ccc(C(F)(F)F)c(C(N)=S)c1)C(N)=O. The third-order valence-electron chi connectivity index (χ3n) is 2.40. The number of thiocarbonyl (C=S) groups is 1. The molecule has 0 saturated carbocycles. The van der Waals surface area contributed by atoms with Crippen molar-refractivity contribution < 1.29 is 18.0 Å². The number of carbonyl (C=O) groups excluding carboxylic acids is 1. The molecule has 1 aromatic rings. The first-order valence-electron chi connectivity index (χ1n) is 5.20. The van der Waals surface area contributed by atoms with Gasteiger partial charge in [-0.1, -0.05) is 12.2 Å². The van der Waals surface area contributed by atoms with Crippen molar-refractivity contribution in [3.8, 4) is 0 Å². The first-order valence-corrected chi connectivity index (χ1v) is 5.60. The summed E-state index contributed by atoms with van der Waals surface area (Å²) in [6.45, 7) is 1.49. The highest BCUT2D eigenvalue weighted by molar-refractivity contribution is 7.80. The number of anilines is 1. The van der Waals surface area contributed by atoms with Crippen LogP contribution in [-0.4, -0.2) is 16.9 Å². The molecule has 1 amide bonds. The number of benzene rings is 1. The van der Waals surface area contributed by atoms with E-state index in [4.69, 9.17) is 11.5 Å². The summed E-state index contributed by atoms with van der Waals surface area (Å²) in [5.41, 5.74) is 9.39. The Labute approximate surface area is 113 Å². The topological polar surface area (TPSA) is 81.1 Å². The maximum atomic E-state index is 12.7. The smallest absolute Gasteiger partial charge is 0.389 e. The zero-order valence-corrected chi connectivity index (χ0v) is 10.7. The van der Waals surface area contributed by atoms with Gasteiger partial charge < -0.3 is 16.8 Å². The average molecular weight is 291 g/mol. The van der Waals surface area contributed by atoms with E-state index in [2.05, 4.69) is 17.5 Å². The van der Waals surface area contributed by atoms with Gasteiger partial charge in [0.05, 0.1) is 5.56 Å². The Kier molecular flexibility index (Phi) is 4.35. The number of amides is 1. The van der Waals surface area contributed by atoms with E-state index in [0.29, 0.717) is 0 Å². The molecule has 19 heavy (non-hydrogen) atoms. The predicted molar refractivity (Wildman–Crippen MR) is 69.6 cm³/mol. The summed E-state index contributed by atoms with van der Waals surface area (Å²) in [4.78, 5) is 10.5. The van der Waals surface area contributed by atoms with E-state index < -0.39 is 23.7 Å². The molecular weight excluding hydrogens is 279 g/mol. The van der Waals surface area contributed by atoms with E-state index in [1.54, 1.807) is 0 Å². The van der Waals surface area contributed by atoms with Crippen LogP contribution in [0.15, 0.2) is 18.2 Å². The standard InChI is InChI=1S/C11H12F3N3OS/c1-5(9(15)18)17-6-2-3-8(11(12,13)14)7(4-6)10(16)19/h2-5,17H,1H3,(H2,15,18)(H2,16,19). The lowest BCUT2D eigenvalue weighted by atomic mass is 10.1.